The number of hydrogen-bond donors (Lipinski definition) is 3. The van der Waals surface area contributed by atoms with Crippen molar-refractivity contribution in [3.63, 3.8) is 0 Å². The van der Waals surface area contributed by atoms with E-state index >= 15 is 0 Å². The predicted molar refractivity (Wildman–Crippen MR) is 86.5 cm³/mol. The molecule has 8 heteroatoms. The van der Waals surface area contributed by atoms with Gasteiger partial charge in [-0.2, -0.15) is 0 Å². The van der Waals surface area contributed by atoms with E-state index in [2.05, 4.69) is 10.6 Å². The molecule has 3 saturated heterocycles. The lowest BCUT2D eigenvalue weighted by atomic mass is 9.90. The van der Waals surface area contributed by atoms with Gasteiger partial charge in [0.2, 0.25) is 11.8 Å². The number of amides is 3. The maximum absolute atomic E-state index is 12.5. The van der Waals surface area contributed by atoms with Gasteiger partial charge in [0.15, 0.2) is 6.04 Å². The fraction of sp³-hybridized carbons (Fsp3) is 0.800. The highest BCUT2D eigenvalue weighted by atomic mass is 32.2. The Kier molecular flexibility index (Phi) is 4.82. The van der Waals surface area contributed by atoms with Gasteiger partial charge in [-0.3, -0.25) is 14.4 Å². The monoisotopic (exact) mass is 341 g/mol. The molecule has 3 heterocycles. The summed E-state index contributed by atoms with van der Waals surface area (Å²) in [5.74, 6) is 1.81. The normalized spacial score (nSPS) is 34.3. The van der Waals surface area contributed by atoms with Crippen molar-refractivity contribution in [2.45, 2.75) is 50.9 Å². The molecule has 128 valence electrons. The van der Waals surface area contributed by atoms with E-state index in [1.165, 1.54) is 0 Å². The summed E-state index contributed by atoms with van der Waals surface area (Å²) in [5.41, 5.74) is 0. The molecule has 3 fully saturated rings. The third-order valence-electron chi connectivity index (χ3n) is 4.90. The molecule has 0 unspecified atom stereocenters. The van der Waals surface area contributed by atoms with Crippen molar-refractivity contribution in [3.05, 3.63) is 0 Å². The highest BCUT2D eigenvalue weighted by Gasteiger charge is 2.45. The number of nitrogens with two attached hydrogens (primary N) is 1. The molecular formula is C15H25N4O3S+. The highest BCUT2D eigenvalue weighted by Crippen LogP contribution is 2.24. The number of quaternary nitrogens is 1. The maximum atomic E-state index is 12.5. The van der Waals surface area contributed by atoms with E-state index in [1.807, 2.05) is 19.2 Å². The summed E-state index contributed by atoms with van der Waals surface area (Å²) in [6, 6.07) is -0.921. The second-order valence-corrected chi connectivity index (χ2v) is 7.96. The van der Waals surface area contributed by atoms with Crippen LogP contribution < -0.4 is 16.0 Å². The Morgan fingerprint density at radius 2 is 2.22 bits per heavy atom. The van der Waals surface area contributed by atoms with Crippen molar-refractivity contribution < 1.29 is 19.7 Å². The summed E-state index contributed by atoms with van der Waals surface area (Å²) in [6.45, 7) is 4.41. The van der Waals surface area contributed by atoms with Crippen molar-refractivity contribution >= 4 is 29.5 Å². The van der Waals surface area contributed by atoms with Crippen LogP contribution in [0.2, 0.25) is 0 Å². The Balaban J connectivity index is 1.61. The Bertz CT molecular complexity index is 507. The number of thioether (sulfide) groups is 1. The van der Waals surface area contributed by atoms with Gasteiger partial charge in [0.1, 0.15) is 18.0 Å². The number of fused-ring (bicyclic) bond motifs is 1. The topological polar surface area (TPSA) is 95.1 Å². The minimum atomic E-state index is -0.446. The van der Waals surface area contributed by atoms with Crippen LogP contribution in [-0.4, -0.2) is 65.0 Å². The average molecular weight is 341 g/mol. The SMILES string of the molecule is CC(C)[C@H]1NC(=O)[C@@H]2C[C@@H](NC(=O)[C@@H]3CSC[NH2+]3)CCN2C1=O. The first kappa shape index (κ1) is 16.6. The molecule has 0 saturated carbocycles. The fourth-order valence-corrected chi connectivity index (χ4v) is 4.53. The van der Waals surface area contributed by atoms with Crippen LogP contribution in [-0.2, 0) is 14.4 Å². The Labute approximate surface area is 140 Å². The lowest BCUT2D eigenvalue weighted by Gasteiger charge is -2.45. The number of piperazine rings is 1. The summed E-state index contributed by atoms with van der Waals surface area (Å²) < 4.78 is 0. The molecule has 3 aliphatic heterocycles. The van der Waals surface area contributed by atoms with E-state index in [1.54, 1.807) is 16.7 Å². The van der Waals surface area contributed by atoms with Crippen LogP contribution in [0.1, 0.15) is 26.7 Å². The van der Waals surface area contributed by atoms with Crippen LogP contribution in [0.4, 0.5) is 0 Å². The minimum Gasteiger partial charge on any atom is -0.348 e. The fourth-order valence-electron chi connectivity index (χ4n) is 3.49. The van der Waals surface area contributed by atoms with Gasteiger partial charge in [0.05, 0.1) is 5.75 Å². The van der Waals surface area contributed by atoms with Crippen LogP contribution in [0.5, 0.6) is 0 Å². The molecule has 4 atom stereocenters. The minimum absolute atomic E-state index is 0.00917. The Morgan fingerprint density at radius 1 is 1.43 bits per heavy atom. The van der Waals surface area contributed by atoms with Crippen LogP contribution in [0.3, 0.4) is 0 Å². The summed E-state index contributed by atoms with van der Waals surface area (Å²) in [6.07, 6.45) is 1.22. The van der Waals surface area contributed by atoms with Crippen LogP contribution >= 0.6 is 11.8 Å². The third-order valence-corrected chi connectivity index (χ3v) is 5.92. The van der Waals surface area contributed by atoms with Gasteiger partial charge in [-0.15, -0.1) is 0 Å². The maximum Gasteiger partial charge on any atom is 0.279 e. The smallest absolute Gasteiger partial charge is 0.279 e. The second-order valence-electron chi connectivity index (χ2n) is 6.89. The van der Waals surface area contributed by atoms with E-state index in [9.17, 15) is 14.4 Å². The van der Waals surface area contributed by atoms with Crippen LogP contribution in [0.15, 0.2) is 0 Å². The van der Waals surface area contributed by atoms with Crippen molar-refractivity contribution in [1.82, 2.24) is 15.5 Å². The standard InChI is InChI=1S/C15H24N4O3S/c1-8(2)12-15(22)19-4-3-9(5-11(19)14(21)18-12)17-13(20)10-6-23-7-16-10/h8-12,16H,3-7H2,1-2H3,(H,17,20)(H,18,21)/p+1/t9-,10-,11-,12+/m0/s1. The molecule has 0 aliphatic carbocycles. The number of carbonyl (C=O) groups excluding carboxylic acids is 3. The van der Waals surface area contributed by atoms with E-state index in [4.69, 9.17) is 0 Å². The molecule has 0 aromatic rings. The number of carbonyl (C=O) groups is 3. The predicted octanol–water partition coefficient (Wildman–Crippen LogP) is -1.75. The molecule has 23 heavy (non-hydrogen) atoms. The van der Waals surface area contributed by atoms with E-state index in [-0.39, 0.29) is 35.7 Å². The summed E-state index contributed by atoms with van der Waals surface area (Å²) in [7, 11) is 0. The van der Waals surface area contributed by atoms with E-state index < -0.39 is 12.1 Å². The summed E-state index contributed by atoms with van der Waals surface area (Å²) in [4.78, 5) is 38.8. The quantitative estimate of drug-likeness (QED) is 0.567. The van der Waals surface area contributed by atoms with Crippen molar-refractivity contribution in [2.75, 3.05) is 18.2 Å². The number of rotatable bonds is 3. The average Bonchev–Trinajstić information content (AvgIpc) is 3.05. The van der Waals surface area contributed by atoms with Gasteiger partial charge in [-0.05, 0) is 18.8 Å². The van der Waals surface area contributed by atoms with Crippen molar-refractivity contribution in [1.29, 1.82) is 0 Å². The van der Waals surface area contributed by atoms with Gasteiger partial charge in [-0.25, -0.2) is 0 Å². The second kappa shape index (κ2) is 6.68. The number of piperidine rings is 1. The Hall–Kier alpha value is -1.28. The van der Waals surface area contributed by atoms with Gasteiger partial charge in [-0.1, -0.05) is 25.6 Å². The molecule has 3 amide bonds. The van der Waals surface area contributed by atoms with E-state index in [0.717, 1.165) is 11.6 Å². The number of hydrogen-bond acceptors (Lipinski definition) is 4. The zero-order chi connectivity index (χ0) is 16.6. The zero-order valence-corrected chi connectivity index (χ0v) is 14.4. The number of nitrogens with zero attached hydrogens (tertiary/aromatic N) is 1. The Morgan fingerprint density at radius 3 is 2.87 bits per heavy atom. The number of nitrogens with one attached hydrogen (secondary N) is 2. The molecule has 7 nitrogen and oxygen atoms in total. The van der Waals surface area contributed by atoms with Crippen molar-refractivity contribution in [3.8, 4) is 0 Å². The van der Waals surface area contributed by atoms with Crippen molar-refractivity contribution in [2.24, 2.45) is 5.92 Å². The van der Waals surface area contributed by atoms with Gasteiger partial charge >= 0.3 is 0 Å². The molecule has 4 N–H and O–H groups in total. The highest BCUT2D eigenvalue weighted by molar-refractivity contribution is 7.99. The first-order valence-corrected chi connectivity index (χ1v) is 9.45. The van der Waals surface area contributed by atoms with Crippen LogP contribution in [0, 0.1) is 5.92 Å². The molecule has 0 bridgehead atoms. The zero-order valence-electron chi connectivity index (χ0n) is 13.6. The molecule has 0 aromatic carbocycles. The molecule has 0 radical (unpaired) electrons. The van der Waals surface area contributed by atoms with E-state index in [0.29, 0.717) is 19.4 Å². The lowest BCUT2D eigenvalue weighted by molar-refractivity contribution is -0.648. The third kappa shape index (κ3) is 3.33. The van der Waals surface area contributed by atoms with Crippen LogP contribution in [0.25, 0.3) is 0 Å². The molecule has 3 aliphatic rings. The summed E-state index contributed by atoms with van der Waals surface area (Å²) in [5, 5.41) is 7.94. The largest absolute Gasteiger partial charge is 0.348 e. The first-order valence-electron chi connectivity index (χ1n) is 8.29. The summed E-state index contributed by atoms with van der Waals surface area (Å²) >= 11 is 1.76. The first-order chi connectivity index (χ1) is 11.0. The molecule has 0 spiro atoms. The van der Waals surface area contributed by atoms with Gasteiger partial charge < -0.3 is 20.9 Å². The lowest BCUT2D eigenvalue weighted by Crippen LogP contribution is -2.90. The molecular weight excluding hydrogens is 316 g/mol. The molecule has 3 rings (SSSR count). The van der Waals surface area contributed by atoms with Gasteiger partial charge in [0, 0.05) is 12.6 Å². The van der Waals surface area contributed by atoms with Gasteiger partial charge in [0.25, 0.3) is 5.91 Å². The molecule has 0 aromatic heterocycles.